The molecule has 33 heavy (non-hydrogen) atoms. The molecule has 5 nitrogen and oxygen atoms in total. The summed E-state index contributed by atoms with van der Waals surface area (Å²) in [6.07, 6.45) is -1.18. The fourth-order valence-electron chi connectivity index (χ4n) is 5.10. The molecule has 2 fully saturated rings. The first kappa shape index (κ1) is 25.7. The number of piperidine rings is 2. The van der Waals surface area contributed by atoms with Crippen LogP contribution in [0.25, 0.3) is 0 Å². The zero-order chi connectivity index (χ0) is 24.3. The van der Waals surface area contributed by atoms with Gasteiger partial charge in [-0.2, -0.15) is 13.2 Å². The van der Waals surface area contributed by atoms with Crippen LogP contribution in [0.4, 0.5) is 18.9 Å². The zero-order valence-corrected chi connectivity index (χ0v) is 20.3. The molecule has 0 bridgehead atoms. The Bertz CT molecular complexity index is 846. The van der Waals surface area contributed by atoms with Gasteiger partial charge in [0.05, 0.1) is 10.6 Å². The van der Waals surface area contributed by atoms with Crippen molar-refractivity contribution in [3.63, 3.8) is 0 Å². The Labute approximate surface area is 198 Å². The van der Waals surface area contributed by atoms with Crippen molar-refractivity contribution >= 4 is 29.1 Å². The second kappa shape index (κ2) is 10.5. The lowest BCUT2D eigenvalue weighted by Crippen LogP contribution is -2.47. The van der Waals surface area contributed by atoms with Crippen LogP contribution >= 0.6 is 11.6 Å². The van der Waals surface area contributed by atoms with E-state index in [1.165, 1.54) is 16.7 Å². The van der Waals surface area contributed by atoms with Gasteiger partial charge in [0.15, 0.2) is 0 Å². The second-order valence-electron chi connectivity index (χ2n) is 9.35. The van der Waals surface area contributed by atoms with Crippen LogP contribution in [0.5, 0.6) is 0 Å². The van der Waals surface area contributed by atoms with Crippen molar-refractivity contribution in [2.75, 3.05) is 45.2 Å². The fourth-order valence-corrected chi connectivity index (χ4v) is 5.36. The van der Waals surface area contributed by atoms with Crippen molar-refractivity contribution in [2.24, 2.45) is 17.8 Å². The van der Waals surface area contributed by atoms with Crippen LogP contribution in [0.15, 0.2) is 18.2 Å². The van der Waals surface area contributed by atoms with Gasteiger partial charge in [-0.25, -0.2) is 0 Å². The van der Waals surface area contributed by atoms with Crippen LogP contribution in [0.1, 0.15) is 49.4 Å². The molecule has 1 aromatic carbocycles. The number of carbonyl (C=O) groups excluding carboxylic acids is 2. The number of alkyl halides is 3. The lowest BCUT2D eigenvalue weighted by atomic mass is 9.78. The number of carbonyl (C=O) groups is 2. The molecule has 0 aliphatic carbocycles. The molecule has 184 valence electrons. The van der Waals surface area contributed by atoms with E-state index >= 15 is 0 Å². The van der Waals surface area contributed by atoms with Crippen LogP contribution in [-0.4, -0.2) is 68.1 Å². The highest BCUT2D eigenvalue weighted by Gasteiger charge is 2.45. The van der Waals surface area contributed by atoms with E-state index in [0.717, 1.165) is 44.5 Å². The molecule has 3 rings (SSSR count). The van der Waals surface area contributed by atoms with Gasteiger partial charge in [0.2, 0.25) is 5.91 Å². The first-order chi connectivity index (χ1) is 15.5. The minimum Gasteiger partial charge on any atom is -0.371 e. The number of nitrogens with zero attached hydrogens (tertiary/aromatic N) is 3. The summed E-state index contributed by atoms with van der Waals surface area (Å²) < 4.78 is 39.3. The van der Waals surface area contributed by atoms with Crippen molar-refractivity contribution in [1.29, 1.82) is 0 Å². The van der Waals surface area contributed by atoms with Crippen LogP contribution in [0.3, 0.4) is 0 Å². The molecule has 2 saturated heterocycles. The van der Waals surface area contributed by atoms with E-state index in [1.54, 1.807) is 20.2 Å². The molecular formula is C24H33ClF3N3O2. The van der Waals surface area contributed by atoms with Crippen LogP contribution in [0, 0.1) is 17.8 Å². The lowest BCUT2D eigenvalue weighted by molar-refractivity contribution is -0.190. The highest BCUT2D eigenvalue weighted by Crippen LogP contribution is 2.36. The molecule has 0 N–H and O–H groups in total. The van der Waals surface area contributed by atoms with Gasteiger partial charge in [0.1, 0.15) is 5.92 Å². The fraction of sp³-hybridized carbons (Fsp3) is 0.667. The van der Waals surface area contributed by atoms with Crippen molar-refractivity contribution in [1.82, 2.24) is 9.80 Å². The maximum Gasteiger partial charge on any atom is 0.400 e. The molecule has 0 saturated carbocycles. The number of anilines is 1. The van der Waals surface area contributed by atoms with E-state index in [9.17, 15) is 22.8 Å². The van der Waals surface area contributed by atoms with Crippen molar-refractivity contribution < 1.29 is 22.8 Å². The summed E-state index contributed by atoms with van der Waals surface area (Å²) in [4.78, 5) is 29.7. The third kappa shape index (κ3) is 5.94. The van der Waals surface area contributed by atoms with E-state index in [-0.39, 0.29) is 12.3 Å². The molecule has 2 aliphatic rings. The average molecular weight is 488 g/mol. The van der Waals surface area contributed by atoms with E-state index < -0.39 is 18.0 Å². The van der Waals surface area contributed by atoms with Gasteiger partial charge in [-0.15, -0.1) is 0 Å². The van der Waals surface area contributed by atoms with E-state index in [1.807, 2.05) is 12.1 Å². The van der Waals surface area contributed by atoms with Gasteiger partial charge in [0.25, 0.3) is 5.91 Å². The highest BCUT2D eigenvalue weighted by molar-refractivity contribution is 6.34. The SMILES string of the molecule is CCC(C(=O)N1CCC(C2CCN(c3ccc(C(=O)N(C)C)c(Cl)c3)CC2)CC1)C(F)(F)F. The molecule has 0 aromatic heterocycles. The zero-order valence-electron chi connectivity index (χ0n) is 19.5. The minimum absolute atomic E-state index is 0.129. The molecule has 1 atom stereocenters. The normalized spacial score (nSPS) is 19.5. The van der Waals surface area contributed by atoms with Gasteiger partial charge in [0, 0.05) is 46.0 Å². The number of amides is 2. The van der Waals surface area contributed by atoms with Gasteiger partial charge in [-0.3, -0.25) is 9.59 Å². The summed E-state index contributed by atoms with van der Waals surface area (Å²) >= 11 is 6.36. The van der Waals surface area contributed by atoms with E-state index in [0.29, 0.717) is 35.5 Å². The second-order valence-corrected chi connectivity index (χ2v) is 9.76. The quantitative estimate of drug-likeness (QED) is 0.581. The van der Waals surface area contributed by atoms with Gasteiger partial charge in [-0.1, -0.05) is 18.5 Å². The Morgan fingerprint density at radius 3 is 2.06 bits per heavy atom. The van der Waals surface area contributed by atoms with Gasteiger partial charge in [-0.05, 0) is 62.1 Å². The Kier molecular flexibility index (Phi) is 8.19. The minimum atomic E-state index is -4.48. The topological polar surface area (TPSA) is 43.9 Å². The maximum atomic E-state index is 13.1. The van der Waals surface area contributed by atoms with Crippen LogP contribution < -0.4 is 4.90 Å². The number of benzene rings is 1. The van der Waals surface area contributed by atoms with Crippen molar-refractivity contribution in [2.45, 2.75) is 45.2 Å². The van der Waals surface area contributed by atoms with Crippen molar-refractivity contribution in [3.8, 4) is 0 Å². The Morgan fingerprint density at radius 2 is 1.61 bits per heavy atom. The first-order valence-electron chi connectivity index (χ1n) is 11.6. The largest absolute Gasteiger partial charge is 0.400 e. The molecule has 9 heteroatoms. The summed E-state index contributed by atoms with van der Waals surface area (Å²) in [5.41, 5.74) is 1.48. The predicted octanol–water partition coefficient (Wildman–Crippen LogP) is 5.09. The molecule has 1 aromatic rings. The van der Waals surface area contributed by atoms with Crippen LogP contribution in [0.2, 0.25) is 5.02 Å². The van der Waals surface area contributed by atoms with Crippen LogP contribution in [-0.2, 0) is 4.79 Å². The number of hydrogen-bond acceptors (Lipinski definition) is 3. The average Bonchev–Trinajstić information content (AvgIpc) is 2.78. The third-order valence-corrected chi connectivity index (χ3v) is 7.43. The molecule has 0 spiro atoms. The molecule has 2 aliphatic heterocycles. The Balaban J connectivity index is 1.52. The number of hydrogen-bond donors (Lipinski definition) is 0. The molecule has 0 radical (unpaired) electrons. The van der Waals surface area contributed by atoms with E-state index in [2.05, 4.69) is 4.90 Å². The standard InChI is InChI=1S/C24H33ClF3N3O2/c1-4-20(24(26,27)28)23(33)31-13-9-17(10-14-31)16-7-11-30(12-8-16)18-5-6-19(21(25)15-18)22(32)29(2)3/h5-6,15-17,20H,4,7-14H2,1-3H3. The Morgan fingerprint density at radius 1 is 1.06 bits per heavy atom. The monoisotopic (exact) mass is 487 g/mol. The predicted molar refractivity (Wildman–Crippen MR) is 124 cm³/mol. The summed E-state index contributed by atoms with van der Waals surface area (Å²) in [6.45, 7) is 3.97. The number of halogens is 4. The molecule has 2 amide bonds. The Hall–Kier alpha value is -1.96. The number of likely N-dealkylation sites (tertiary alicyclic amines) is 1. The molecule has 1 unspecified atom stereocenters. The van der Waals surface area contributed by atoms with E-state index in [4.69, 9.17) is 11.6 Å². The maximum absolute atomic E-state index is 13.1. The third-order valence-electron chi connectivity index (χ3n) is 7.11. The summed E-state index contributed by atoms with van der Waals surface area (Å²) in [5.74, 6) is -1.84. The summed E-state index contributed by atoms with van der Waals surface area (Å²) in [5, 5.41) is 0.439. The van der Waals surface area contributed by atoms with Crippen molar-refractivity contribution in [3.05, 3.63) is 28.8 Å². The number of rotatable bonds is 5. The molecule has 2 heterocycles. The van der Waals surface area contributed by atoms with Gasteiger partial charge < -0.3 is 14.7 Å². The van der Waals surface area contributed by atoms with Gasteiger partial charge >= 0.3 is 6.18 Å². The lowest BCUT2D eigenvalue weighted by Gasteiger charge is -2.41. The molecular weight excluding hydrogens is 455 g/mol. The summed E-state index contributed by atoms with van der Waals surface area (Å²) in [6, 6.07) is 5.54. The first-order valence-corrected chi connectivity index (χ1v) is 12.0. The summed E-state index contributed by atoms with van der Waals surface area (Å²) in [7, 11) is 3.38. The smallest absolute Gasteiger partial charge is 0.371 e. The highest BCUT2D eigenvalue weighted by atomic mass is 35.5.